The van der Waals surface area contributed by atoms with Crippen LogP contribution in [0, 0.1) is 0 Å². The Balaban J connectivity index is 1.65. The van der Waals surface area contributed by atoms with Gasteiger partial charge in [-0.15, -0.1) is 0 Å². The zero-order valence-electron chi connectivity index (χ0n) is 56.2. The molecule has 2 fully saturated rings. The van der Waals surface area contributed by atoms with E-state index < -0.39 is 86.8 Å². The summed E-state index contributed by atoms with van der Waals surface area (Å²) in [7, 11) is 0. The number of hydrogen-bond acceptors (Lipinski definition) is 13. The fraction of sp³-hybridized carbons (Fsp3) is 0.878. The Labute approximate surface area is 537 Å². The average Bonchev–Trinajstić information content (AvgIpc) is 2.01. The normalized spacial score (nSPS) is 23.4. The van der Waals surface area contributed by atoms with Crippen LogP contribution in [0.25, 0.3) is 0 Å². The zero-order chi connectivity index (χ0) is 63.8. The third kappa shape index (κ3) is 42.2. The number of aliphatic hydroxyl groups is 8. The van der Waals surface area contributed by atoms with Crippen molar-refractivity contribution < 1.29 is 64.6 Å². The van der Waals surface area contributed by atoms with E-state index in [1.807, 2.05) is 6.08 Å². The molecule has 0 aromatic heterocycles. The first-order valence-electron chi connectivity index (χ1n) is 36.9. The molecule has 0 aromatic carbocycles. The van der Waals surface area contributed by atoms with Crippen LogP contribution in [0.4, 0.5) is 0 Å². The summed E-state index contributed by atoms with van der Waals surface area (Å²) >= 11 is 0. The van der Waals surface area contributed by atoms with Crippen molar-refractivity contribution in [3.8, 4) is 0 Å². The number of carbonyl (C=O) groups excluding carboxylic acids is 1. The van der Waals surface area contributed by atoms with Gasteiger partial charge in [0.15, 0.2) is 12.6 Å². The van der Waals surface area contributed by atoms with Gasteiger partial charge in [0.05, 0.1) is 32.0 Å². The first kappa shape index (κ1) is 82.0. The third-order valence-corrected chi connectivity index (χ3v) is 18.0. The number of ether oxygens (including phenoxy) is 4. The molecule has 2 saturated heterocycles. The lowest BCUT2D eigenvalue weighted by molar-refractivity contribution is -0.359. The largest absolute Gasteiger partial charge is 0.394 e. The Bertz CT molecular complexity index is 1660. The van der Waals surface area contributed by atoms with Crippen LogP contribution in [-0.4, -0.2) is 140 Å². The van der Waals surface area contributed by atoms with E-state index >= 15 is 0 Å². The van der Waals surface area contributed by atoms with Gasteiger partial charge in [0, 0.05) is 6.42 Å². The molecule has 0 bridgehead atoms. The van der Waals surface area contributed by atoms with Crippen molar-refractivity contribution in [3.63, 3.8) is 0 Å². The molecule has 1 amide bonds. The van der Waals surface area contributed by atoms with Gasteiger partial charge in [0.1, 0.15) is 48.8 Å². The molecular weight excluding hydrogens is 1110 g/mol. The van der Waals surface area contributed by atoms with E-state index in [1.54, 1.807) is 6.08 Å². The molecule has 12 atom stereocenters. The molecule has 0 aromatic rings. The molecule has 0 radical (unpaired) electrons. The van der Waals surface area contributed by atoms with Crippen molar-refractivity contribution in [2.45, 2.75) is 396 Å². The van der Waals surface area contributed by atoms with Gasteiger partial charge in [-0.1, -0.05) is 306 Å². The fourth-order valence-corrected chi connectivity index (χ4v) is 12.1. The van der Waals surface area contributed by atoms with Crippen molar-refractivity contribution in [1.29, 1.82) is 0 Å². The number of rotatable bonds is 61. The summed E-state index contributed by atoms with van der Waals surface area (Å²) in [4.78, 5) is 13.3. The molecule has 9 N–H and O–H groups in total. The first-order valence-corrected chi connectivity index (χ1v) is 36.9. The highest BCUT2D eigenvalue weighted by Crippen LogP contribution is 2.30. The Morgan fingerprint density at radius 3 is 1.15 bits per heavy atom. The van der Waals surface area contributed by atoms with E-state index in [2.05, 4.69) is 55.6 Å². The predicted octanol–water partition coefficient (Wildman–Crippen LogP) is 15.5. The predicted molar refractivity (Wildman–Crippen MR) is 360 cm³/mol. The smallest absolute Gasteiger partial charge is 0.220 e. The van der Waals surface area contributed by atoms with E-state index in [9.17, 15) is 45.6 Å². The van der Waals surface area contributed by atoms with Crippen molar-refractivity contribution >= 4 is 5.91 Å². The SMILES string of the molecule is CCCCCCC/C=C\C/C=C\C/C=C\CCCCCCCCC(=O)NC(COC1OC(CO)C(OC2OC(CO)C(O)C(O)C2O)C(O)C1O)C(O)/C=C/CCCCCCCCCCCCCCCCCCCCCCCCCCCCCCCCC. The molecule has 0 saturated carbocycles. The monoisotopic (exact) mass is 1250 g/mol. The van der Waals surface area contributed by atoms with Crippen LogP contribution >= 0.6 is 0 Å². The van der Waals surface area contributed by atoms with Crippen molar-refractivity contribution in [3.05, 3.63) is 48.6 Å². The standard InChI is InChI=1S/C74H137NO13/c1-3-5-7-9-11-13-15-17-19-21-23-25-26-27-28-29-30-31-32-33-34-35-36-38-39-41-43-45-47-49-51-53-55-57-63(78)62(61-85-73-71(84)69(82)72(65(60-77)87-73)88-74-70(83)68(81)67(80)64(59-76)86-74)75-66(79)58-56-54-52-50-48-46-44-42-40-37-24-22-20-18-16-14-12-10-8-6-4-2/h16,18,22,24,40,42,55,57,62-65,67-74,76-78,80-84H,3-15,17,19-21,23,25-39,41,43-54,56,58-61H2,1-2H3,(H,75,79)/b18-16-,24-22-,42-40-,57-55+. The molecule has 2 aliphatic rings. The van der Waals surface area contributed by atoms with E-state index in [-0.39, 0.29) is 18.9 Å². The molecule has 2 rings (SSSR count). The van der Waals surface area contributed by atoms with E-state index in [1.165, 1.54) is 225 Å². The quantitative estimate of drug-likeness (QED) is 0.0204. The lowest BCUT2D eigenvalue weighted by Crippen LogP contribution is -2.65. The summed E-state index contributed by atoms with van der Waals surface area (Å²) < 4.78 is 22.9. The molecule has 0 aliphatic carbocycles. The summed E-state index contributed by atoms with van der Waals surface area (Å²) in [6, 6.07) is -0.925. The second-order valence-electron chi connectivity index (χ2n) is 26.1. The number of amides is 1. The maximum Gasteiger partial charge on any atom is 0.220 e. The summed E-state index contributed by atoms with van der Waals surface area (Å²) in [6.45, 7) is 2.82. The summed E-state index contributed by atoms with van der Waals surface area (Å²) in [6.07, 6.45) is 60.4. The van der Waals surface area contributed by atoms with Crippen LogP contribution in [0.2, 0.25) is 0 Å². The molecular formula is C74H137NO13. The van der Waals surface area contributed by atoms with Gasteiger partial charge in [0.2, 0.25) is 5.91 Å². The molecule has 14 heteroatoms. The molecule has 2 aliphatic heterocycles. The van der Waals surface area contributed by atoms with Crippen molar-refractivity contribution in [2.75, 3.05) is 19.8 Å². The van der Waals surface area contributed by atoms with Gasteiger partial charge in [-0.05, 0) is 57.8 Å². The van der Waals surface area contributed by atoms with E-state index in [0.29, 0.717) is 6.42 Å². The minimum atomic E-state index is -1.79. The van der Waals surface area contributed by atoms with Crippen molar-refractivity contribution in [1.82, 2.24) is 5.32 Å². The molecule has 516 valence electrons. The number of hydrogen-bond donors (Lipinski definition) is 9. The highest BCUT2D eigenvalue weighted by molar-refractivity contribution is 5.76. The van der Waals surface area contributed by atoms with Gasteiger partial charge in [-0.25, -0.2) is 0 Å². The lowest BCUT2D eigenvalue weighted by Gasteiger charge is -2.46. The minimum Gasteiger partial charge on any atom is -0.394 e. The molecule has 2 heterocycles. The Hall–Kier alpha value is -2.05. The first-order chi connectivity index (χ1) is 43.1. The molecule has 14 nitrogen and oxygen atoms in total. The third-order valence-electron chi connectivity index (χ3n) is 18.0. The molecule has 88 heavy (non-hydrogen) atoms. The summed E-state index contributed by atoms with van der Waals surface area (Å²) in [5.74, 6) is -0.249. The lowest BCUT2D eigenvalue weighted by atomic mass is 9.97. The minimum absolute atomic E-state index is 0.249. The number of aliphatic hydroxyl groups excluding tert-OH is 8. The second kappa shape index (κ2) is 58.7. The molecule has 12 unspecified atom stereocenters. The summed E-state index contributed by atoms with van der Waals surface area (Å²) in [5.41, 5.74) is 0. The maximum absolute atomic E-state index is 13.3. The van der Waals surface area contributed by atoms with Gasteiger partial charge < -0.3 is 65.1 Å². The van der Waals surface area contributed by atoms with Gasteiger partial charge in [-0.2, -0.15) is 0 Å². The Kier molecular flexibility index (Phi) is 54.8. The van der Waals surface area contributed by atoms with Crippen LogP contribution in [-0.2, 0) is 23.7 Å². The van der Waals surface area contributed by atoms with E-state index in [0.717, 1.165) is 70.6 Å². The van der Waals surface area contributed by atoms with Crippen LogP contribution < -0.4 is 5.32 Å². The Morgan fingerprint density at radius 2 is 0.750 bits per heavy atom. The molecule has 0 spiro atoms. The van der Waals surface area contributed by atoms with Crippen LogP contribution in [0.3, 0.4) is 0 Å². The fourth-order valence-electron chi connectivity index (χ4n) is 12.1. The average molecular weight is 1250 g/mol. The highest BCUT2D eigenvalue weighted by Gasteiger charge is 2.51. The van der Waals surface area contributed by atoms with Crippen LogP contribution in [0.1, 0.15) is 322 Å². The van der Waals surface area contributed by atoms with E-state index in [4.69, 9.17) is 18.9 Å². The van der Waals surface area contributed by atoms with Gasteiger partial charge in [0.25, 0.3) is 0 Å². The number of carbonyl (C=O) groups is 1. The van der Waals surface area contributed by atoms with Crippen LogP contribution in [0.5, 0.6) is 0 Å². The number of nitrogens with one attached hydrogen (secondary N) is 1. The van der Waals surface area contributed by atoms with Gasteiger partial charge in [-0.3, -0.25) is 4.79 Å². The topological polar surface area (TPSA) is 228 Å². The number of allylic oxidation sites excluding steroid dienone is 7. The number of unbranched alkanes of at least 4 members (excludes halogenated alkanes) is 42. The van der Waals surface area contributed by atoms with Crippen LogP contribution in [0.15, 0.2) is 48.6 Å². The summed E-state index contributed by atoms with van der Waals surface area (Å²) in [5, 5.41) is 87.5. The highest BCUT2D eigenvalue weighted by atomic mass is 16.7. The van der Waals surface area contributed by atoms with Gasteiger partial charge >= 0.3 is 0 Å². The Morgan fingerprint density at radius 1 is 0.409 bits per heavy atom. The zero-order valence-corrected chi connectivity index (χ0v) is 56.2. The second-order valence-corrected chi connectivity index (χ2v) is 26.1. The van der Waals surface area contributed by atoms with Crippen molar-refractivity contribution in [2.24, 2.45) is 0 Å². The maximum atomic E-state index is 13.3.